The summed E-state index contributed by atoms with van der Waals surface area (Å²) in [5.41, 5.74) is 2.46. The second-order valence-corrected chi connectivity index (χ2v) is 12.7. The van der Waals surface area contributed by atoms with Gasteiger partial charge in [0.1, 0.15) is 6.10 Å². The van der Waals surface area contributed by atoms with E-state index in [2.05, 4.69) is 60.0 Å². The normalized spacial score (nSPS) is 34.6. The molecule has 1 spiro atoms. The lowest BCUT2D eigenvalue weighted by molar-refractivity contribution is -0.201. The van der Waals surface area contributed by atoms with Crippen molar-refractivity contribution in [3.8, 4) is 11.5 Å². The van der Waals surface area contributed by atoms with Gasteiger partial charge in [-0.05, 0) is 74.1 Å². The monoisotopic (exact) mass is 488 g/mol. The van der Waals surface area contributed by atoms with Gasteiger partial charge in [-0.25, -0.2) is 0 Å². The first-order valence-corrected chi connectivity index (χ1v) is 14.2. The molecule has 192 valence electrons. The maximum Gasteiger partial charge on any atom is 0.165 e. The lowest BCUT2D eigenvalue weighted by atomic mass is 9.48. The Kier molecular flexibility index (Phi) is 5.26. The summed E-state index contributed by atoms with van der Waals surface area (Å²) in [5, 5.41) is 23.7. The predicted molar refractivity (Wildman–Crippen MR) is 140 cm³/mol. The van der Waals surface area contributed by atoms with Gasteiger partial charge in [0.05, 0.1) is 11.0 Å². The van der Waals surface area contributed by atoms with Gasteiger partial charge in [0.15, 0.2) is 11.5 Å². The zero-order valence-electron chi connectivity index (χ0n) is 21.7. The molecule has 2 aromatic carbocycles. The third kappa shape index (κ3) is 3.25. The minimum absolute atomic E-state index is 0.134. The molecule has 0 unspecified atom stereocenters. The van der Waals surface area contributed by atoms with E-state index < -0.39 is 11.0 Å². The van der Waals surface area contributed by atoms with Crippen LogP contribution in [-0.2, 0) is 18.4 Å². The van der Waals surface area contributed by atoms with E-state index in [9.17, 15) is 10.2 Å². The number of hydrogen-bond acceptors (Lipinski definition) is 5. The van der Waals surface area contributed by atoms with Gasteiger partial charge in [-0.3, -0.25) is 9.80 Å². The standard InChI is InChI=1S/C31H40N2O3/c1-20(2)17-33(19-21-6-4-3-5-7-21)24-12-13-31(35)26-16-23-10-11-25(34)28-27(23)30(31,29(24)36-28)14-15-32(26)18-22-8-9-22/h3-7,10-11,20,22,24,26,29,34-35H,8-9,12-19H2,1-2H3/t24-,26+,29+,30+,31-/m1/s1. The van der Waals surface area contributed by atoms with Crippen molar-refractivity contribution in [2.45, 2.75) is 88.1 Å². The Hall–Kier alpha value is -2.08. The molecule has 5 aliphatic rings. The SMILES string of the molecule is CC(C)CN(Cc1ccccc1)[C@@H]1CC[C@@]2(O)[C@@H]3Cc4ccc(O)c5c4[C@@]2(CCN3CC2CC2)[C@H]1O5. The van der Waals surface area contributed by atoms with Crippen LogP contribution < -0.4 is 4.74 Å². The van der Waals surface area contributed by atoms with E-state index >= 15 is 0 Å². The van der Waals surface area contributed by atoms with Gasteiger partial charge in [-0.2, -0.15) is 0 Å². The van der Waals surface area contributed by atoms with E-state index in [4.69, 9.17) is 4.74 Å². The Morgan fingerprint density at radius 3 is 2.64 bits per heavy atom. The summed E-state index contributed by atoms with van der Waals surface area (Å²) in [6.45, 7) is 8.57. The molecule has 2 aliphatic heterocycles. The Morgan fingerprint density at radius 2 is 1.89 bits per heavy atom. The van der Waals surface area contributed by atoms with Gasteiger partial charge in [0, 0.05) is 37.3 Å². The Morgan fingerprint density at radius 1 is 1.08 bits per heavy atom. The molecule has 2 heterocycles. The molecule has 7 rings (SSSR count). The Balaban J connectivity index is 1.32. The molecule has 5 heteroatoms. The number of phenols is 1. The first kappa shape index (κ1) is 23.1. The van der Waals surface area contributed by atoms with Gasteiger partial charge < -0.3 is 14.9 Å². The molecule has 2 saturated carbocycles. The Bertz CT molecular complexity index is 1150. The van der Waals surface area contributed by atoms with E-state index in [1.807, 2.05) is 6.07 Å². The van der Waals surface area contributed by atoms with Gasteiger partial charge in [0.2, 0.25) is 0 Å². The van der Waals surface area contributed by atoms with Crippen molar-refractivity contribution in [3.63, 3.8) is 0 Å². The van der Waals surface area contributed by atoms with Crippen molar-refractivity contribution in [3.05, 3.63) is 59.2 Å². The number of piperidine rings is 1. The third-order valence-electron chi connectivity index (χ3n) is 10.0. The average Bonchev–Trinajstić information content (AvgIpc) is 3.59. The molecule has 2 N–H and O–H groups in total. The number of rotatable bonds is 7. The summed E-state index contributed by atoms with van der Waals surface area (Å²) in [4.78, 5) is 5.23. The topological polar surface area (TPSA) is 56.2 Å². The second-order valence-electron chi connectivity index (χ2n) is 12.7. The number of aliphatic hydroxyl groups is 1. The molecule has 3 aliphatic carbocycles. The molecule has 0 radical (unpaired) electrons. The number of nitrogens with zero attached hydrogens (tertiary/aromatic N) is 2. The van der Waals surface area contributed by atoms with Gasteiger partial charge in [0.25, 0.3) is 0 Å². The average molecular weight is 489 g/mol. The maximum absolute atomic E-state index is 12.8. The van der Waals surface area contributed by atoms with E-state index in [-0.39, 0.29) is 23.9 Å². The van der Waals surface area contributed by atoms with Crippen LogP contribution in [0.15, 0.2) is 42.5 Å². The van der Waals surface area contributed by atoms with Gasteiger partial charge >= 0.3 is 0 Å². The highest BCUT2D eigenvalue weighted by atomic mass is 16.5. The highest BCUT2D eigenvalue weighted by Gasteiger charge is 2.73. The summed E-state index contributed by atoms with van der Waals surface area (Å²) in [5.74, 6) is 2.22. The molecule has 3 fully saturated rings. The lowest BCUT2D eigenvalue weighted by Crippen LogP contribution is -2.78. The molecule has 0 aromatic heterocycles. The fourth-order valence-corrected chi connectivity index (χ4v) is 8.43. The van der Waals surface area contributed by atoms with Crippen molar-refractivity contribution < 1.29 is 14.9 Å². The molecular formula is C31H40N2O3. The van der Waals surface area contributed by atoms with Crippen molar-refractivity contribution in [2.24, 2.45) is 11.8 Å². The summed E-state index contributed by atoms with van der Waals surface area (Å²) >= 11 is 0. The molecule has 0 amide bonds. The smallest absolute Gasteiger partial charge is 0.165 e. The van der Waals surface area contributed by atoms with Crippen molar-refractivity contribution in [2.75, 3.05) is 19.6 Å². The first-order valence-electron chi connectivity index (χ1n) is 14.2. The molecule has 1 saturated heterocycles. The number of phenolic OH excluding ortho intramolecular Hbond substituents is 1. The minimum Gasteiger partial charge on any atom is -0.504 e. The van der Waals surface area contributed by atoms with E-state index in [1.165, 1.54) is 24.0 Å². The highest BCUT2D eigenvalue weighted by molar-refractivity contribution is 5.62. The maximum atomic E-state index is 12.8. The van der Waals surface area contributed by atoms with Crippen LogP contribution in [0, 0.1) is 11.8 Å². The summed E-state index contributed by atoms with van der Waals surface area (Å²) in [7, 11) is 0. The number of ether oxygens (including phenoxy) is 1. The molecule has 5 nitrogen and oxygen atoms in total. The quantitative estimate of drug-likeness (QED) is 0.602. The molecule has 2 aromatic rings. The molecular weight excluding hydrogens is 448 g/mol. The number of hydrogen-bond donors (Lipinski definition) is 2. The first-order chi connectivity index (χ1) is 17.4. The van der Waals surface area contributed by atoms with Crippen LogP contribution in [-0.4, -0.2) is 63.4 Å². The van der Waals surface area contributed by atoms with Crippen molar-refractivity contribution in [1.82, 2.24) is 9.80 Å². The van der Waals surface area contributed by atoms with E-state index in [1.54, 1.807) is 0 Å². The highest BCUT2D eigenvalue weighted by Crippen LogP contribution is 2.66. The lowest BCUT2D eigenvalue weighted by Gasteiger charge is -2.65. The van der Waals surface area contributed by atoms with Gasteiger partial charge in [-0.1, -0.05) is 50.2 Å². The van der Waals surface area contributed by atoms with E-state index in [0.29, 0.717) is 11.7 Å². The van der Waals surface area contributed by atoms with Crippen LogP contribution in [0.3, 0.4) is 0 Å². The largest absolute Gasteiger partial charge is 0.504 e. The minimum atomic E-state index is -0.816. The molecule has 36 heavy (non-hydrogen) atoms. The van der Waals surface area contributed by atoms with Crippen LogP contribution in [0.1, 0.15) is 62.6 Å². The number of benzene rings is 2. The van der Waals surface area contributed by atoms with Crippen LogP contribution in [0.5, 0.6) is 11.5 Å². The number of aromatic hydroxyl groups is 1. The van der Waals surface area contributed by atoms with Gasteiger partial charge in [-0.15, -0.1) is 0 Å². The van der Waals surface area contributed by atoms with Crippen LogP contribution in [0.4, 0.5) is 0 Å². The third-order valence-corrected chi connectivity index (χ3v) is 10.0. The fraction of sp³-hybridized carbons (Fsp3) is 0.613. The van der Waals surface area contributed by atoms with Crippen molar-refractivity contribution >= 4 is 0 Å². The van der Waals surface area contributed by atoms with Crippen LogP contribution in [0.25, 0.3) is 0 Å². The zero-order valence-corrected chi connectivity index (χ0v) is 21.7. The molecule has 5 atom stereocenters. The van der Waals surface area contributed by atoms with Crippen LogP contribution >= 0.6 is 0 Å². The van der Waals surface area contributed by atoms with E-state index in [0.717, 1.165) is 63.3 Å². The second kappa shape index (κ2) is 8.21. The fourth-order valence-electron chi connectivity index (χ4n) is 8.43. The summed E-state index contributed by atoms with van der Waals surface area (Å²) in [6, 6.07) is 15.0. The summed E-state index contributed by atoms with van der Waals surface area (Å²) < 4.78 is 6.85. The Labute approximate surface area is 215 Å². The zero-order chi connectivity index (χ0) is 24.7. The summed E-state index contributed by atoms with van der Waals surface area (Å²) in [6.07, 6.45) is 5.98. The number of likely N-dealkylation sites (tertiary alicyclic amines) is 1. The van der Waals surface area contributed by atoms with Crippen molar-refractivity contribution in [1.29, 1.82) is 0 Å². The molecule has 2 bridgehead atoms. The van der Waals surface area contributed by atoms with Crippen LogP contribution in [0.2, 0.25) is 0 Å². The predicted octanol–water partition coefficient (Wildman–Crippen LogP) is 4.48.